The van der Waals surface area contributed by atoms with Crippen molar-refractivity contribution in [3.8, 4) is 0 Å². The van der Waals surface area contributed by atoms with E-state index >= 15 is 0 Å². The van der Waals surface area contributed by atoms with Gasteiger partial charge in [-0.05, 0) is 38.0 Å². The molecule has 23 heavy (non-hydrogen) atoms. The summed E-state index contributed by atoms with van der Waals surface area (Å²) < 4.78 is 18.5. The van der Waals surface area contributed by atoms with E-state index in [9.17, 15) is 4.39 Å². The molecule has 0 unspecified atom stereocenters. The number of hydrogen-bond acceptors (Lipinski definition) is 3. The fourth-order valence-electron chi connectivity index (χ4n) is 2.03. The fourth-order valence-corrected chi connectivity index (χ4v) is 2.30. The van der Waals surface area contributed by atoms with E-state index in [0.717, 1.165) is 17.0 Å². The van der Waals surface area contributed by atoms with Gasteiger partial charge in [0.1, 0.15) is 11.6 Å². The van der Waals surface area contributed by atoms with Crippen LogP contribution in [0.1, 0.15) is 22.9 Å². The van der Waals surface area contributed by atoms with Gasteiger partial charge in [-0.3, -0.25) is 4.99 Å². The molecule has 1 aromatic carbocycles. The summed E-state index contributed by atoms with van der Waals surface area (Å²) in [5, 5.41) is 6.73. The highest BCUT2D eigenvalue weighted by Crippen LogP contribution is 2.17. The Labute approximate surface area is 140 Å². The minimum Gasteiger partial charge on any atom is -0.444 e. The van der Waals surface area contributed by atoms with Crippen LogP contribution in [0.5, 0.6) is 0 Å². The first-order chi connectivity index (χ1) is 11.0. The van der Waals surface area contributed by atoms with E-state index in [0.29, 0.717) is 36.4 Å². The van der Waals surface area contributed by atoms with Crippen molar-refractivity contribution in [1.82, 2.24) is 15.6 Å². The molecule has 0 aliphatic heterocycles. The Hall–Kier alpha value is -2.08. The maximum atomic E-state index is 13.0. The Bertz CT molecular complexity index is 680. The lowest BCUT2D eigenvalue weighted by Crippen LogP contribution is -2.37. The van der Waals surface area contributed by atoms with Gasteiger partial charge in [0.15, 0.2) is 5.96 Å². The van der Waals surface area contributed by atoms with Gasteiger partial charge in [0.05, 0.1) is 12.2 Å². The molecule has 5 nitrogen and oxygen atoms in total. The molecule has 0 saturated carbocycles. The van der Waals surface area contributed by atoms with Gasteiger partial charge in [0.25, 0.3) is 0 Å². The molecule has 0 amide bonds. The Morgan fingerprint density at radius 3 is 2.74 bits per heavy atom. The van der Waals surface area contributed by atoms with Crippen LogP contribution in [-0.2, 0) is 13.0 Å². The second-order valence-corrected chi connectivity index (χ2v) is 5.49. The Morgan fingerprint density at radius 2 is 2.13 bits per heavy atom. The largest absolute Gasteiger partial charge is 0.444 e. The number of hydrogen-bond donors (Lipinski definition) is 2. The highest BCUT2D eigenvalue weighted by molar-refractivity contribution is 6.31. The van der Waals surface area contributed by atoms with Gasteiger partial charge in [-0.2, -0.15) is 0 Å². The number of aliphatic imine (C=N–C) groups is 1. The summed E-state index contributed by atoms with van der Waals surface area (Å²) in [5.41, 5.74) is 1.77. The molecule has 124 valence electrons. The highest BCUT2D eigenvalue weighted by atomic mass is 35.5. The van der Waals surface area contributed by atoms with Gasteiger partial charge in [0, 0.05) is 18.6 Å². The van der Waals surface area contributed by atoms with E-state index in [2.05, 4.69) is 20.6 Å². The first kappa shape index (κ1) is 17.3. The molecule has 0 spiro atoms. The summed E-state index contributed by atoms with van der Waals surface area (Å²) in [6.07, 6.45) is 0.664. The number of halogens is 2. The number of nitrogens with zero attached hydrogens (tertiary/aromatic N) is 2. The third kappa shape index (κ3) is 4.96. The average molecular weight is 339 g/mol. The van der Waals surface area contributed by atoms with Crippen LogP contribution in [0.3, 0.4) is 0 Å². The highest BCUT2D eigenvalue weighted by Gasteiger charge is 2.07. The SMILES string of the molecule is CN=C(NCCc1ccc(F)cc1Cl)NCc1nc(C)c(C)o1. The predicted octanol–water partition coefficient (Wildman–Crippen LogP) is 2.99. The lowest BCUT2D eigenvalue weighted by Gasteiger charge is -2.11. The van der Waals surface area contributed by atoms with Crippen LogP contribution in [0.25, 0.3) is 0 Å². The number of aromatic nitrogens is 1. The van der Waals surface area contributed by atoms with Crippen molar-refractivity contribution in [3.05, 3.63) is 51.9 Å². The van der Waals surface area contributed by atoms with E-state index in [1.165, 1.54) is 12.1 Å². The van der Waals surface area contributed by atoms with E-state index in [1.807, 2.05) is 13.8 Å². The van der Waals surface area contributed by atoms with Crippen molar-refractivity contribution in [2.24, 2.45) is 4.99 Å². The third-order valence-electron chi connectivity index (χ3n) is 3.41. The van der Waals surface area contributed by atoms with E-state index < -0.39 is 0 Å². The second-order valence-electron chi connectivity index (χ2n) is 5.09. The molecule has 0 aliphatic carbocycles. The molecule has 2 N–H and O–H groups in total. The Balaban J connectivity index is 1.81. The number of oxazole rings is 1. The molecule has 0 saturated heterocycles. The summed E-state index contributed by atoms with van der Waals surface area (Å²) >= 11 is 6.00. The molecular weight excluding hydrogens is 319 g/mol. The van der Waals surface area contributed by atoms with Gasteiger partial charge in [-0.1, -0.05) is 17.7 Å². The van der Waals surface area contributed by atoms with Crippen molar-refractivity contribution in [2.45, 2.75) is 26.8 Å². The Kier molecular flexibility index (Phi) is 5.98. The van der Waals surface area contributed by atoms with Crippen molar-refractivity contribution in [3.63, 3.8) is 0 Å². The lowest BCUT2D eigenvalue weighted by atomic mass is 10.1. The van der Waals surface area contributed by atoms with E-state index in [-0.39, 0.29) is 5.82 Å². The molecule has 0 radical (unpaired) electrons. The predicted molar refractivity (Wildman–Crippen MR) is 89.3 cm³/mol. The molecule has 1 heterocycles. The van der Waals surface area contributed by atoms with E-state index in [4.69, 9.17) is 16.0 Å². The van der Waals surface area contributed by atoms with Crippen molar-refractivity contribution >= 4 is 17.6 Å². The molecule has 0 aliphatic rings. The number of rotatable bonds is 5. The first-order valence-electron chi connectivity index (χ1n) is 7.31. The molecule has 0 atom stereocenters. The zero-order valence-corrected chi connectivity index (χ0v) is 14.2. The van der Waals surface area contributed by atoms with Crippen LogP contribution in [0, 0.1) is 19.7 Å². The van der Waals surface area contributed by atoms with Crippen LogP contribution in [-0.4, -0.2) is 24.5 Å². The quantitative estimate of drug-likeness (QED) is 0.650. The second kappa shape index (κ2) is 7.97. The summed E-state index contributed by atoms with van der Waals surface area (Å²) in [6.45, 7) is 4.85. The zero-order chi connectivity index (χ0) is 16.8. The van der Waals surface area contributed by atoms with Crippen molar-refractivity contribution < 1.29 is 8.81 Å². The fraction of sp³-hybridized carbons (Fsp3) is 0.375. The van der Waals surface area contributed by atoms with Crippen LogP contribution in [0.15, 0.2) is 27.6 Å². The van der Waals surface area contributed by atoms with Crippen LogP contribution in [0.2, 0.25) is 5.02 Å². The van der Waals surface area contributed by atoms with Crippen molar-refractivity contribution in [2.75, 3.05) is 13.6 Å². The number of benzene rings is 1. The van der Waals surface area contributed by atoms with Crippen LogP contribution in [0.4, 0.5) is 4.39 Å². The number of nitrogens with one attached hydrogen (secondary N) is 2. The minimum absolute atomic E-state index is 0.333. The lowest BCUT2D eigenvalue weighted by molar-refractivity contribution is 0.464. The molecule has 2 rings (SSSR count). The third-order valence-corrected chi connectivity index (χ3v) is 3.76. The van der Waals surface area contributed by atoms with Gasteiger partial charge in [-0.25, -0.2) is 9.37 Å². The smallest absolute Gasteiger partial charge is 0.214 e. The van der Waals surface area contributed by atoms with Crippen molar-refractivity contribution in [1.29, 1.82) is 0 Å². The molecular formula is C16H20ClFN4O. The van der Waals surface area contributed by atoms with Crippen LogP contribution >= 0.6 is 11.6 Å². The minimum atomic E-state index is -0.333. The summed E-state index contributed by atoms with van der Waals surface area (Å²) in [4.78, 5) is 8.43. The molecule has 7 heteroatoms. The standard InChI is InChI=1S/C16H20ClFN4O/c1-10-11(2)23-15(22-10)9-21-16(19-3)20-7-6-12-4-5-13(18)8-14(12)17/h4-5,8H,6-7,9H2,1-3H3,(H2,19,20,21). The number of guanidine groups is 1. The maximum Gasteiger partial charge on any atom is 0.214 e. The monoisotopic (exact) mass is 338 g/mol. The zero-order valence-electron chi connectivity index (χ0n) is 13.4. The summed E-state index contributed by atoms with van der Waals surface area (Å²) in [7, 11) is 1.69. The van der Waals surface area contributed by atoms with Gasteiger partial charge in [-0.15, -0.1) is 0 Å². The topological polar surface area (TPSA) is 62.5 Å². The number of aryl methyl sites for hydroxylation is 2. The Morgan fingerprint density at radius 1 is 1.35 bits per heavy atom. The first-order valence-corrected chi connectivity index (χ1v) is 7.68. The van der Waals surface area contributed by atoms with E-state index in [1.54, 1.807) is 13.1 Å². The van der Waals surface area contributed by atoms with Crippen LogP contribution < -0.4 is 10.6 Å². The molecule has 1 aromatic heterocycles. The average Bonchev–Trinajstić information content (AvgIpc) is 2.83. The van der Waals surface area contributed by atoms with Gasteiger partial charge >= 0.3 is 0 Å². The molecule has 2 aromatic rings. The molecule has 0 fully saturated rings. The van der Waals surface area contributed by atoms with Gasteiger partial charge < -0.3 is 15.1 Å². The van der Waals surface area contributed by atoms with Gasteiger partial charge in [0.2, 0.25) is 5.89 Å². The maximum absolute atomic E-state index is 13.0. The summed E-state index contributed by atoms with van der Waals surface area (Å²) in [5.74, 6) is 1.73. The normalized spacial score (nSPS) is 11.6. The summed E-state index contributed by atoms with van der Waals surface area (Å²) in [6, 6.07) is 4.41. The molecule has 0 bridgehead atoms.